The SMILES string of the molecule is Cc1c(NS(=O)(=O)c2ccc3nc(-c4ccc(F)cc4)[nH]c3c2)c(=O)n(-c2ccccc2)n1C. The first kappa shape index (κ1) is 21.7. The van der Waals surface area contributed by atoms with Gasteiger partial charge in [-0.2, -0.15) is 0 Å². The second kappa shape index (κ2) is 7.99. The normalized spacial score (nSPS) is 11.7. The molecule has 2 aromatic heterocycles. The summed E-state index contributed by atoms with van der Waals surface area (Å²) < 4.78 is 45.0. The average molecular weight is 478 g/mol. The number of hydrogen-bond acceptors (Lipinski definition) is 4. The Morgan fingerprint density at radius 2 is 1.71 bits per heavy atom. The molecule has 0 saturated heterocycles. The van der Waals surface area contributed by atoms with Crippen molar-refractivity contribution in [1.29, 1.82) is 0 Å². The van der Waals surface area contributed by atoms with Gasteiger partial charge in [0.1, 0.15) is 17.3 Å². The van der Waals surface area contributed by atoms with Gasteiger partial charge in [-0.3, -0.25) is 14.2 Å². The molecule has 0 bridgehead atoms. The monoisotopic (exact) mass is 477 g/mol. The van der Waals surface area contributed by atoms with E-state index in [4.69, 9.17) is 0 Å². The third-order valence-corrected chi connectivity index (χ3v) is 7.02. The van der Waals surface area contributed by atoms with E-state index < -0.39 is 15.6 Å². The number of aromatic nitrogens is 4. The minimum Gasteiger partial charge on any atom is -0.338 e. The van der Waals surface area contributed by atoms with E-state index in [1.807, 2.05) is 6.07 Å². The smallest absolute Gasteiger partial charge is 0.296 e. The van der Waals surface area contributed by atoms with E-state index in [9.17, 15) is 17.6 Å². The van der Waals surface area contributed by atoms with Crippen molar-refractivity contribution >= 4 is 26.7 Å². The lowest BCUT2D eigenvalue weighted by molar-refractivity contribution is 0.601. The van der Waals surface area contributed by atoms with Crippen LogP contribution in [0.2, 0.25) is 0 Å². The van der Waals surface area contributed by atoms with Crippen LogP contribution in [0.3, 0.4) is 0 Å². The van der Waals surface area contributed by atoms with E-state index in [0.29, 0.717) is 33.8 Å². The lowest BCUT2D eigenvalue weighted by Gasteiger charge is -2.07. The van der Waals surface area contributed by atoms with Crippen LogP contribution in [-0.2, 0) is 17.1 Å². The maximum Gasteiger partial charge on any atom is 0.296 e. The van der Waals surface area contributed by atoms with Crippen LogP contribution in [0.4, 0.5) is 10.1 Å². The minimum absolute atomic E-state index is 0.0248. The van der Waals surface area contributed by atoms with E-state index in [-0.39, 0.29) is 16.4 Å². The molecule has 5 rings (SSSR count). The summed E-state index contributed by atoms with van der Waals surface area (Å²) in [5, 5.41) is 0. The lowest BCUT2D eigenvalue weighted by Crippen LogP contribution is -2.23. The highest BCUT2D eigenvalue weighted by Crippen LogP contribution is 2.25. The van der Waals surface area contributed by atoms with Crippen molar-refractivity contribution < 1.29 is 12.8 Å². The second-order valence-electron chi connectivity index (χ2n) is 7.81. The number of rotatable bonds is 5. The number of benzene rings is 3. The van der Waals surface area contributed by atoms with Crippen LogP contribution in [0.5, 0.6) is 0 Å². The summed E-state index contributed by atoms with van der Waals surface area (Å²) in [6.45, 7) is 1.67. The second-order valence-corrected chi connectivity index (χ2v) is 9.50. The highest BCUT2D eigenvalue weighted by molar-refractivity contribution is 7.92. The molecular formula is C24H20FN5O3S. The Kier molecular flexibility index (Phi) is 5.09. The van der Waals surface area contributed by atoms with Gasteiger partial charge in [-0.25, -0.2) is 22.5 Å². The van der Waals surface area contributed by atoms with Crippen LogP contribution >= 0.6 is 0 Å². The van der Waals surface area contributed by atoms with Gasteiger partial charge < -0.3 is 4.98 Å². The zero-order valence-electron chi connectivity index (χ0n) is 18.3. The number of sulfonamides is 1. The van der Waals surface area contributed by atoms with Gasteiger partial charge in [0.2, 0.25) is 0 Å². The highest BCUT2D eigenvalue weighted by Gasteiger charge is 2.23. The maximum absolute atomic E-state index is 13.2. The number of nitrogens with zero attached hydrogens (tertiary/aromatic N) is 3. The summed E-state index contributed by atoms with van der Waals surface area (Å²) in [6.07, 6.45) is 0. The Hall–Kier alpha value is -4.18. The Labute approximate surface area is 194 Å². The third-order valence-electron chi connectivity index (χ3n) is 5.67. The summed E-state index contributed by atoms with van der Waals surface area (Å²) in [5.41, 5.74) is 2.31. The fourth-order valence-corrected chi connectivity index (χ4v) is 4.92. The number of H-pyrrole nitrogens is 1. The van der Waals surface area contributed by atoms with Crippen molar-refractivity contribution in [2.45, 2.75) is 11.8 Å². The summed E-state index contributed by atoms with van der Waals surface area (Å²) in [4.78, 5) is 20.6. The van der Waals surface area contributed by atoms with Crippen LogP contribution < -0.4 is 10.3 Å². The molecular weight excluding hydrogens is 457 g/mol. The Balaban J connectivity index is 1.52. The number of fused-ring (bicyclic) bond motifs is 1. The van der Waals surface area contributed by atoms with Gasteiger partial charge in [0.15, 0.2) is 0 Å². The van der Waals surface area contributed by atoms with Gasteiger partial charge in [-0.1, -0.05) is 18.2 Å². The lowest BCUT2D eigenvalue weighted by atomic mass is 10.2. The van der Waals surface area contributed by atoms with Gasteiger partial charge >= 0.3 is 0 Å². The molecule has 5 aromatic rings. The highest BCUT2D eigenvalue weighted by atomic mass is 32.2. The fraction of sp³-hybridized carbons (Fsp3) is 0.0833. The van der Waals surface area contributed by atoms with Crippen molar-refractivity contribution in [1.82, 2.24) is 19.3 Å². The van der Waals surface area contributed by atoms with Crippen LogP contribution in [0.25, 0.3) is 28.1 Å². The Morgan fingerprint density at radius 3 is 2.41 bits per heavy atom. The molecule has 0 aliphatic rings. The minimum atomic E-state index is -4.07. The molecule has 0 atom stereocenters. The summed E-state index contributed by atoms with van der Waals surface area (Å²) in [5.74, 6) is 0.129. The number of para-hydroxylation sites is 1. The van der Waals surface area contributed by atoms with Crippen molar-refractivity contribution in [2.24, 2.45) is 7.05 Å². The van der Waals surface area contributed by atoms with Gasteiger partial charge in [-0.15, -0.1) is 0 Å². The molecule has 2 N–H and O–H groups in total. The molecule has 0 aliphatic heterocycles. The number of hydrogen-bond donors (Lipinski definition) is 2. The summed E-state index contributed by atoms with van der Waals surface area (Å²) in [7, 11) is -2.38. The molecule has 0 fully saturated rings. The molecule has 0 radical (unpaired) electrons. The summed E-state index contributed by atoms with van der Waals surface area (Å²) >= 11 is 0. The third kappa shape index (κ3) is 3.67. The van der Waals surface area contributed by atoms with Crippen LogP contribution in [0.1, 0.15) is 5.69 Å². The quantitative estimate of drug-likeness (QED) is 0.400. The fourth-order valence-electron chi connectivity index (χ4n) is 3.78. The Morgan fingerprint density at radius 1 is 1.00 bits per heavy atom. The standard InChI is InChI=1S/C24H20FN5O3S/c1-15-22(24(31)30(29(15)2)18-6-4-3-5-7-18)28-34(32,33)19-12-13-20-21(14-19)27-23(26-20)16-8-10-17(25)11-9-16/h3-14,28H,1-2H3,(H,26,27). The van der Waals surface area contributed by atoms with Crippen molar-refractivity contribution in [3.05, 3.63) is 94.7 Å². The first-order valence-electron chi connectivity index (χ1n) is 10.4. The van der Waals surface area contributed by atoms with E-state index in [1.54, 1.807) is 61.1 Å². The first-order chi connectivity index (χ1) is 16.2. The molecule has 3 aromatic carbocycles. The van der Waals surface area contributed by atoms with Gasteiger partial charge in [0, 0.05) is 12.6 Å². The molecule has 8 nitrogen and oxygen atoms in total. The molecule has 172 valence electrons. The summed E-state index contributed by atoms with van der Waals surface area (Å²) in [6, 6.07) is 19.2. The molecule has 2 heterocycles. The molecule has 0 spiro atoms. The topological polar surface area (TPSA) is 102 Å². The van der Waals surface area contributed by atoms with Gasteiger partial charge in [0.25, 0.3) is 15.6 Å². The number of nitrogens with one attached hydrogen (secondary N) is 2. The van der Waals surface area contributed by atoms with Crippen molar-refractivity contribution in [3.63, 3.8) is 0 Å². The Bertz CT molecular complexity index is 1680. The van der Waals surface area contributed by atoms with Crippen LogP contribution in [0, 0.1) is 12.7 Å². The zero-order valence-corrected chi connectivity index (χ0v) is 19.1. The molecule has 0 aliphatic carbocycles. The van der Waals surface area contributed by atoms with Gasteiger partial charge in [-0.05, 0) is 61.5 Å². The van der Waals surface area contributed by atoms with E-state index in [1.165, 1.54) is 28.9 Å². The molecule has 10 heteroatoms. The molecule has 0 unspecified atom stereocenters. The number of imidazole rings is 1. The predicted octanol–water partition coefficient (Wildman–Crippen LogP) is 3.97. The molecule has 0 saturated carbocycles. The molecule has 34 heavy (non-hydrogen) atoms. The number of aromatic amines is 1. The zero-order chi connectivity index (χ0) is 24.0. The predicted molar refractivity (Wildman–Crippen MR) is 128 cm³/mol. The molecule has 0 amide bonds. The largest absolute Gasteiger partial charge is 0.338 e. The van der Waals surface area contributed by atoms with E-state index in [0.717, 1.165) is 0 Å². The maximum atomic E-state index is 13.2. The van der Waals surface area contributed by atoms with E-state index >= 15 is 0 Å². The first-order valence-corrected chi connectivity index (χ1v) is 11.9. The van der Waals surface area contributed by atoms with Gasteiger partial charge in [0.05, 0.1) is 27.3 Å². The van der Waals surface area contributed by atoms with Crippen LogP contribution in [0.15, 0.2) is 82.5 Å². The van der Waals surface area contributed by atoms with Crippen molar-refractivity contribution in [2.75, 3.05) is 4.72 Å². The number of halogens is 1. The average Bonchev–Trinajstić information content (AvgIpc) is 3.34. The van der Waals surface area contributed by atoms with Crippen molar-refractivity contribution in [3.8, 4) is 17.1 Å². The van der Waals surface area contributed by atoms with Crippen LogP contribution in [-0.4, -0.2) is 27.7 Å². The van der Waals surface area contributed by atoms with E-state index in [2.05, 4.69) is 14.7 Å². The number of anilines is 1.